The Labute approximate surface area is 268 Å². The first kappa shape index (κ1) is 36.6. The van der Waals surface area contributed by atoms with Crippen LogP contribution in [0.25, 0.3) is 0 Å². The molecule has 1 aliphatic rings. The van der Waals surface area contributed by atoms with Crippen LogP contribution in [0.5, 0.6) is 11.5 Å². The lowest BCUT2D eigenvalue weighted by Gasteiger charge is -2.28. The van der Waals surface area contributed by atoms with Gasteiger partial charge in [-0.05, 0) is 62.3 Å². The summed E-state index contributed by atoms with van der Waals surface area (Å²) in [5.41, 5.74) is 14.4. The van der Waals surface area contributed by atoms with E-state index < -0.39 is 12.1 Å². The number of ketones is 1. The van der Waals surface area contributed by atoms with E-state index in [1.54, 1.807) is 31.4 Å². The van der Waals surface area contributed by atoms with Crippen LogP contribution in [0.4, 0.5) is 5.82 Å². The zero-order valence-electron chi connectivity index (χ0n) is 26.9. The van der Waals surface area contributed by atoms with Crippen molar-refractivity contribution in [3.05, 3.63) is 57.7 Å². The Hall–Kier alpha value is -2.61. The summed E-state index contributed by atoms with van der Waals surface area (Å²) in [6.07, 6.45) is 11.6. The summed E-state index contributed by atoms with van der Waals surface area (Å²) in [5, 5.41) is 0.827. The quantitative estimate of drug-likeness (QED) is 0.201. The molecule has 7 nitrogen and oxygen atoms in total. The van der Waals surface area contributed by atoms with E-state index in [0.29, 0.717) is 58.9 Å². The highest BCUT2D eigenvalue weighted by Crippen LogP contribution is 2.40. The first-order valence-electron chi connectivity index (χ1n) is 15.4. The number of hydrogen-bond acceptors (Lipinski definition) is 7. The van der Waals surface area contributed by atoms with Crippen molar-refractivity contribution in [3.63, 3.8) is 0 Å². The molecule has 1 heterocycles. The lowest BCUT2D eigenvalue weighted by atomic mass is 9.81. The van der Waals surface area contributed by atoms with Crippen molar-refractivity contribution < 1.29 is 14.3 Å². The van der Waals surface area contributed by atoms with Crippen molar-refractivity contribution in [2.24, 2.45) is 22.1 Å². The Morgan fingerprint density at radius 2 is 1.88 bits per heavy atom. The van der Waals surface area contributed by atoms with Crippen molar-refractivity contribution >= 4 is 40.5 Å². The van der Waals surface area contributed by atoms with Crippen molar-refractivity contribution in [2.45, 2.75) is 98.6 Å². The van der Waals surface area contributed by atoms with Gasteiger partial charge in [-0.3, -0.25) is 9.79 Å². The fraction of sp³-hybridized carbons (Fsp3) is 0.559. The number of nitrogens with two attached hydrogens (primary N) is 2. The summed E-state index contributed by atoms with van der Waals surface area (Å²) in [7, 11) is 1.71. The summed E-state index contributed by atoms with van der Waals surface area (Å²) in [5.74, 6) is 1.84. The molecule has 0 radical (unpaired) electrons. The Morgan fingerprint density at radius 1 is 1.21 bits per heavy atom. The maximum Gasteiger partial charge on any atom is 0.166 e. The van der Waals surface area contributed by atoms with Gasteiger partial charge in [0.2, 0.25) is 0 Å². The largest absolute Gasteiger partial charge is 0.492 e. The number of aliphatic imine (C=N–C) groups is 1. The molecule has 2 atom stereocenters. The molecule has 1 fully saturated rings. The number of ether oxygens (including phenoxy) is 2. The maximum atomic E-state index is 12.7. The van der Waals surface area contributed by atoms with Crippen molar-refractivity contribution in [3.8, 4) is 11.5 Å². The topological polar surface area (TPSA) is 113 Å². The fourth-order valence-electron chi connectivity index (χ4n) is 5.33. The van der Waals surface area contributed by atoms with Gasteiger partial charge in [0.15, 0.2) is 11.6 Å². The molecule has 3 rings (SSSR count). The molecule has 1 aliphatic carbocycles. The van der Waals surface area contributed by atoms with Gasteiger partial charge < -0.3 is 20.9 Å². The van der Waals surface area contributed by atoms with Gasteiger partial charge in [-0.2, -0.15) is 0 Å². The number of pyridine rings is 1. The molecule has 9 heteroatoms. The molecule has 43 heavy (non-hydrogen) atoms. The van der Waals surface area contributed by atoms with Crippen molar-refractivity contribution in [1.82, 2.24) is 4.98 Å². The van der Waals surface area contributed by atoms with E-state index >= 15 is 0 Å². The second kappa shape index (κ2) is 17.6. The minimum absolute atomic E-state index is 0.173. The predicted octanol–water partition coefficient (Wildman–Crippen LogP) is 8.79. The number of benzene rings is 1. The summed E-state index contributed by atoms with van der Waals surface area (Å²) < 4.78 is 12.3. The van der Waals surface area contributed by atoms with Crippen LogP contribution >= 0.6 is 23.2 Å². The zero-order chi connectivity index (χ0) is 32.2. The van der Waals surface area contributed by atoms with Crippen molar-refractivity contribution in [2.75, 3.05) is 19.4 Å². The highest BCUT2D eigenvalue weighted by Gasteiger charge is 2.28. The van der Waals surface area contributed by atoms with Crippen LogP contribution in [0.2, 0.25) is 10.0 Å². The number of carbonyl (C=O) groups is 1. The molecule has 0 amide bonds. The number of halogens is 2. The van der Waals surface area contributed by atoms with E-state index in [0.717, 1.165) is 24.1 Å². The number of nitrogen functional groups attached to an aromatic ring is 1. The molecule has 0 spiro atoms. The SMILES string of the molecule is C/C=C\C(=NC)c1cnc(N)c(OC(C)c2c(Cl)ccc(OCCC(C)(C)CC(N)C(=O)CC3CCCC3)c2Cl)c1.CC. The highest BCUT2D eigenvalue weighted by molar-refractivity contribution is 6.37. The average Bonchev–Trinajstić information content (AvgIpc) is 3.48. The standard InChI is InChI=1S/C32H44Cl2N4O3.C2H6/c1-6-9-25(37-5)22-17-28(31(36)38-19-22)41-20(2)29-23(33)12-13-27(30(29)34)40-15-14-32(3,4)18-24(35)26(39)16-21-10-7-8-11-21;1-2/h6,9,12-13,17,19-21,24H,7-8,10-11,14-16,18,35H2,1-5H3,(H2,36,38);1-2H3/b9-6-,37-25?;. The summed E-state index contributed by atoms with van der Waals surface area (Å²) in [6.45, 7) is 12.4. The molecule has 0 saturated heterocycles. The number of nitrogens with zero attached hydrogens (tertiary/aromatic N) is 2. The van der Waals surface area contributed by atoms with Gasteiger partial charge in [0, 0.05) is 35.8 Å². The van der Waals surface area contributed by atoms with E-state index in [4.69, 9.17) is 44.1 Å². The van der Waals surface area contributed by atoms with Gasteiger partial charge in [-0.15, -0.1) is 0 Å². The number of carbonyl (C=O) groups excluding carboxylic acids is 1. The van der Waals surface area contributed by atoms with E-state index in [-0.39, 0.29) is 17.0 Å². The van der Waals surface area contributed by atoms with Gasteiger partial charge in [-0.25, -0.2) is 4.98 Å². The molecular formula is C34H50Cl2N4O3. The van der Waals surface area contributed by atoms with E-state index in [9.17, 15) is 4.79 Å². The number of anilines is 1. The number of allylic oxidation sites excluding steroid dienone is 2. The minimum Gasteiger partial charge on any atom is -0.492 e. The molecule has 1 aromatic heterocycles. The Kier molecular flexibility index (Phi) is 15.0. The number of rotatable bonds is 14. The van der Waals surface area contributed by atoms with Crippen LogP contribution in [0.1, 0.15) is 104 Å². The molecule has 0 aliphatic heterocycles. The van der Waals surface area contributed by atoms with Crippen LogP contribution in [-0.4, -0.2) is 36.2 Å². The van der Waals surface area contributed by atoms with Crippen LogP contribution in [0, 0.1) is 11.3 Å². The van der Waals surface area contributed by atoms with Crippen LogP contribution in [-0.2, 0) is 4.79 Å². The average molecular weight is 634 g/mol. The second-order valence-corrected chi connectivity index (χ2v) is 12.4. The van der Waals surface area contributed by atoms with Gasteiger partial charge in [-0.1, -0.05) is 82.7 Å². The second-order valence-electron chi connectivity index (χ2n) is 11.6. The van der Waals surface area contributed by atoms with Crippen molar-refractivity contribution in [1.29, 1.82) is 0 Å². The van der Waals surface area contributed by atoms with Gasteiger partial charge in [0.25, 0.3) is 0 Å². The number of Topliss-reactive ketones (excluding diaryl/α,β-unsaturated/α-hetero) is 1. The third-order valence-corrected chi connectivity index (χ3v) is 8.45. The van der Waals surface area contributed by atoms with E-state index in [2.05, 4.69) is 23.8 Å². The van der Waals surface area contributed by atoms with Gasteiger partial charge >= 0.3 is 0 Å². The van der Waals surface area contributed by atoms with Gasteiger partial charge in [0.1, 0.15) is 17.6 Å². The lowest BCUT2D eigenvalue weighted by Crippen LogP contribution is -2.36. The molecule has 1 aromatic carbocycles. The van der Waals surface area contributed by atoms with E-state index in [1.807, 2.05) is 39.8 Å². The maximum absolute atomic E-state index is 12.7. The minimum atomic E-state index is -0.540. The molecular weight excluding hydrogens is 583 g/mol. The lowest BCUT2D eigenvalue weighted by molar-refractivity contribution is -0.121. The first-order valence-corrected chi connectivity index (χ1v) is 16.1. The summed E-state index contributed by atoms with van der Waals surface area (Å²) >= 11 is 13.3. The molecule has 1 saturated carbocycles. The fourth-order valence-corrected chi connectivity index (χ4v) is 6.06. The summed E-state index contributed by atoms with van der Waals surface area (Å²) in [4.78, 5) is 21.3. The smallest absolute Gasteiger partial charge is 0.166 e. The number of hydrogen-bond donors (Lipinski definition) is 2. The molecule has 2 unspecified atom stereocenters. The normalized spacial score (nSPS) is 15.6. The Balaban J connectivity index is 0.00000316. The van der Waals surface area contributed by atoms with Gasteiger partial charge in [0.05, 0.1) is 23.4 Å². The monoisotopic (exact) mass is 632 g/mol. The Morgan fingerprint density at radius 3 is 2.51 bits per heavy atom. The highest BCUT2D eigenvalue weighted by atomic mass is 35.5. The molecule has 0 bridgehead atoms. The zero-order valence-corrected chi connectivity index (χ0v) is 28.4. The third kappa shape index (κ3) is 10.8. The molecule has 238 valence electrons. The third-order valence-electron chi connectivity index (χ3n) is 7.73. The first-order chi connectivity index (χ1) is 20.5. The molecule has 4 N–H and O–H groups in total. The van der Waals surface area contributed by atoms with Crippen LogP contribution in [0.3, 0.4) is 0 Å². The summed E-state index contributed by atoms with van der Waals surface area (Å²) in [6, 6.07) is 4.84. The van der Waals surface area contributed by atoms with Crippen LogP contribution in [0.15, 0.2) is 41.5 Å². The number of aromatic nitrogens is 1. The predicted molar refractivity (Wildman–Crippen MR) is 181 cm³/mol. The van der Waals surface area contributed by atoms with E-state index in [1.165, 1.54) is 12.8 Å². The Bertz CT molecular complexity index is 1260. The molecule has 2 aromatic rings. The van der Waals surface area contributed by atoms with Crippen LogP contribution < -0.4 is 20.9 Å².